The zero-order valence-corrected chi connectivity index (χ0v) is 18.3. The lowest BCUT2D eigenvalue weighted by atomic mass is 10.0. The van der Waals surface area contributed by atoms with Crippen LogP contribution in [0.5, 0.6) is 5.75 Å². The fraction of sp³-hybridized carbons (Fsp3) is 0.148. The molecule has 0 amide bonds. The van der Waals surface area contributed by atoms with Crippen LogP contribution in [0.3, 0.4) is 0 Å². The van der Waals surface area contributed by atoms with Crippen molar-refractivity contribution in [2.24, 2.45) is 0 Å². The van der Waals surface area contributed by atoms with Crippen molar-refractivity contribution in [1.29, 1.82) is 0 Å². The Labute approximate surface area is 192 Å². The SMILES string of the molecule is C=CCCCCOc1ccc(-c2ccc(/C=C/C(=O)n3n[n+]([O-])c4ccccc43)cc2)cc1. The van der Waals surface area contributed by atoms with E-state index in [1.807, 2.05) is 54.6 Å². The second kappa shape index (κ2) is 10.4. The molecule has 166 valence electrons. The molecule has 6 heteroatoms. The average Bonchev–Trinajstić information content (AvgIpc) is 3.20. The molecule has 0 radical (unpaired) electrons. The van der Waals surface area contributed by atoms with E-state index in [0.717, 1.165) is 46.4 Å². The molecule has 0 aliphatic heterocycles. The van der Waals surface area contributed by atoms with E-state index in [4.69, 9.17) is 4.74 Å². The lowest BCUT2D eigenvalue weighted by molar-refractivity contribution is -0.645. The first-order valence-corrected chi connectivity index (χ1v) is 10.9. The minimum atomic E-state index is -0.384. The van der Waals surface area contributed by atoms with E-state index < -0.39 is 0 Å². The number of aromatic nitrogens is 3. The van der Waals surface area contributed by atoms with Crippen molar-refractivity contribution >= 4 is 23.0 Å². The van der Waals surface area contributed by atoms with Crippen LogP contribution in [0.25, 0.3) is 28.2 Å². The number of para-hydroxylation sites is 2. The van der Waals surface area contributed by atoms with Gasteiger partial charge in [0.05, 0.1) is 6.61 Å². The lowest BCUT2D eigenvalue weighted by Crippen LogP contribution is -2.30. The van der Waals surface area contributed by atoms with Gasteiger partial charge in [0.25, 0.3) is 0 Å². The molecule has 0 saturated carbocycles. The predicted octanol–water partition coefficient (Wildman–Crippen LogP) is 5.43. The number of allylic oxidation sites excluding steroid dienone is 2. The number of unbranched alkanes of at least 4 members (excludes halogenated alkanes) is 2. The van der Waals surface area contributed by atoms with Crippen LogP contribution in [0.15, 0.2) is 91.5 Å². The summed E-state index contributed by atoms with van der Waals surface area (Å²) in [6.45, 7) is 4.43. The third-order valence-corrected chi connectivity index (χ3v) is 5.28. The van der Waals surface area contributed by atoms with E-state index in [-0.39, 0.29) is 5.91 Å². The molecular formula is C27H25N3O3. The normalized spacial score (nSPS) is 11.2. The maximum Gasteiger partial charge on any atom is 0.359 e. The highest BCUT2D eigenvalue weighted by Gasteiger charge is 2.18. The van der Waals surface area contributed by atoms with Gasteiger partial charge in [0.1, 0.15) is 11.0 Å². The van der Waals surface area contributed by atoms with Gasteiger partial charge in [-0.2, -0.15) is 0 Å². The van der Waals surface area contributed by atoms with Gasteiger partial charge in [0.15, 0.2) is 0 Å². The second-order valence-electron chi connectivity index (χ2n) is 7.61. The number of ether oxygens (including phenoxy) is 1. The summed E-state index contributed by atoms with van der Waals surface area (Å²) in [5.41, 5.74) is 3.86. The molecule has 0 spiro atoms. The number of carbonyl (C=O) groups excluding carboxylic acids is 1. The monoisotopic (exact) mass is 439 g/mol. The molecule has 6 nitrogen and oxygen atoms in total. The van der Waals surface area contributed by atoms with Crippen molar-refractivity contribution in [1.82, 2.24) is 9.90 Å². The van der Waals surface area contributed by atoms with Crippen molar-refractivity contribution in [2.75, 3.05) is 6.61 Å². The van der Waals surface area contributed by atoms with Crippen LogP contribution >= 0.6 is 0 Å². The van der Waals surface area contributed by atoms with E-state index in [1.54, 1.807) is 30.3 Å². The van der Waals surface area contributed by atoms with E-state index in [1.165, 1.54) is 6.08 Å². The van der Waals surface area contributed by atoms with Crippen LogP contribution < -0.4 is 9.58 Å². The number of benzene rings is 3. The Hall–Kier alpha value is -4.19. The first kappa shape index (κ1) is 22.0. The number of nitrogens with zero attached hydrogens (tertiary/aromatic N) is 3. The number of rotatable bonds is 9. The van der Waals surface area contributed by atoms with Crippen molar-refractivity contribution in [3.05, 3.63) is 102 Å². The van der Waals surface area contributed by atoms with Crippen molar-refractivity contribution in [3.63, 3.8) is 0 Å². The zero-order chi connectivity index (χ0) is 23.0. The van der Waals surface area contributed by atoms with Gasteiger partial charge in [0.2, 0.25) is 11.0 Å². The summed E-state index contributed by atoms with van der Waals surface area (Å²) in [6, 6.07) is 22.7. The van der Waals surface area contributed by atoms with Crippen molar-refractivity contribution in [2.45, 2.75) is 19.3 Å². The average molecular weight is 440 g/mol. The summed E-state index contributed by atoms with van der Waals surface area (Å²) in [5.74, 6) is 0.478. The molecule has 0 unspecified atom stereocenters. The number of hydrogen-bond donors (Lipinski definition) is 0. The van der Waals surface area contributed by atoms with E-state index in [9.17, 15) is 10.0 Å². The Bertz CT molecular complexity index is 1270. The Morgan fingerprint density at radius 1 is 1.00 bits per heavy atom. The predicted molar refractivity (Wildman–Crippen MR) is 130 cm³/mol. The number of fused-ring (bicyclic) bond motifs is 1. The number of carbonyl (C=O) groups is 1. The van der Waals surface area contributed by atoms with Gasteiger partial charge in [-0.1, -0.05) is 59.3 Å². The molecule has 1 aromatic heterocycles. The molecular weight excluding hydrogens is 414 g/mol. The summed E-state index contributed by atoms with van der Waals surface area (Å²) < 4.78 is 6.89. The molecule has 0 aliphatic rings. The first-order chi connectivity index (χ1) is 16.2. The Balaban J connectivity index is 1.38. The highest BCUT2D eigenvalue weighted by molar-refractivity contribution is 5.97. The Kier molecular flexibility index (Phi) is 6.95. The van der Waals surface area contributed by atoms with Gasteiger partial charge < -0.3 is 9.94 Å². The highest BCUT2D eigenvalue weighted by Crippen LogP contribution is 2.23. The molecule has 0 saturated heterocycles. The van der Waals surface area contributed by atoms with E-state index in [0.29, 0.717) is 22.5 Å². The van der Waals surface area contributed by atoms with Crippen molar-refractivity contribution < 1.29 is 14.4 Å². The molecule has 0 atom stereocenters. The van der Waals surface area contributed by atoms with Crippen LogP contribution in [0, 0.1) is 5.21 Å². The zero-order valence-electron chi connectivity index (χ0n) is 18.3. The quantitative estimate of drug-likeness (QED) is 0.115. The maximum absolute atomic E-state index is 12.5. The van der Waals surface area contributed by atoms with Gasteiger partial charge in [-0.3, -0.25) is 0 Å². The van der Waals surface area contributed by atoms with Gasteiger partial charge in [-0.25, -0.2) is 4.79 Å². The Morgan fingerprint density at radius 2 is 1.70 bits per heavy atom. The smallest absolute Gasteiger partial charge is 0.359 e. The first-order valence-electron chi connectivity index (χ1n) is 10.9. The van der Waals surface area contributed by atoms with E-state index in [2.05, 4.69) is 11.8 Å². The molecule has 0 bridgehead atoms. The molecule has 1 heterocycles. The standard InChI is InChI=1S/C27H25N3O3/c1-2-3-4-7-20-33-24-17-15-23(16-18-24)22-13-10-21(11-14-22)12-19-27(31)29-25-8-5-6-9-26(25)30(32)28-29/h2,5-6,8-19H,1,3-4,7,20H2/b19-12+. The minimum absolute atomic E-state index is 0.354. The van der Waals surface area contributed by atoms with Gasteiger partial charge in [-0.05, 0) is 66.3 Å². The topological polar surface area (TPSA) is 71.1 Å². The third kappa shape index (κ3) is 5.36. The minimum Gasteiger partial charge on any atom is -0.691 e. The summed E-state index contributed by atoms with van der Waals surface area (Å²) in [4.78, 5) is 13.0. The van der Waals surface area contributed by atoms with E-state index >= 15 is 0 Å². The Morgan fingerprint density at radius 3 is 2.42 bits per heavy atom. The highest BCUT2D eigenvalue weighted by atomic mass is 16.5. The number of hydrogen-bond acceptors (Lipinski definition) is 4. The molecule has 0 N–H and O–H groups in total. The summed E-state index contributed by atoms with van der Waals surface area (Å²) in [5, 5.41) is 15.6. The molecule has 33 heavy (non-hydrogen) atoms. The van der Waals surface area contributed by atoms with Crippen molar-refractivity contribution in [3.8, 4) is 16.9 Å². The second-order valence-corrected chi connectivity index (χ2v) is 7.61. The van der Waals surface area contributed by atoms with Crippen LogP contribution in [-0.4, -0.2) is 22.4 Å². The molecule has 4 rings (SSSR count). The molecule has 3 aromatic carbocycles. The molecule has 4 aromatic rings. The van der Waals surface area contributed by atoms with Crippen LogP contribution in [-0.2, 0) is 0 Å². The van der Waals surface area contributed by atoms with Gasteiger partial charge in [0, 0.05) is 6.08 Å². The summed E-state index contributed by atoms with van der Waals surface area (Å²) in [6.07, 6.45) is 8.17. The van der Waals surface area contributed by atoms with Gasteiger partial charge in [-0.15, -0.1) is 11.4 Å². The van der Waals surface area contributed by atoms with Crippen LogP contribution in [0.1, 0.15) is 29.6 Å². The fourth-order valence-electron chi connectivity index (χ4n) is 3.49. The van der Waals surface area contributed by atoms with Gasteiger partial charge >= 0.3 is 5.91 Å². The molecule has 0 aliphatic carbocycles. The third-order valence-electron chi connectivity index (χ3n) is 5.28. The van der Waals surface area contributed by atoms with Crippen LogP contribution in [0.2, 0.25) is 0 Å². The largest absolute Gasteiger partial charge is 0.691 e. The maximum atomic E-state index is 12.5. The lowest BCUT2D eigenvalue weighted by Gasteiger charge is -2.07. The summed E-state index contributed by atoms with van der Waals surface area (Å²) in [7, 11) is 0. The summed E-state index contributed by atoms with van der Waals surface area (Å²) >= 11 is 0. The fourth-order valence-corrected chi connectivity index (χ4v) is 3.49. The van der Waals surface area contributed by atoms with Crippen LogP contribution in [0.4, 0.5) is 0 Å². The molecule has 0 fully saturated rings.